The monoisotopic (exact) mass is 250 g/mol. The second kappa shape index (κ2) is 6.02. The fourth-order valence-electron chi connectivity index (χ4n) is 1.45. The maximum atomic E-state index is 11.9. The lowest BCUT2D eigenvalue weighted by Gasteiger charge is -2.22. The Morgan fingerprint density at radius 1 is 1.44 bits per heavy atom. The molecular formula is C12H18N4O2. The van der Waals surface area contributed by atoms with Crippen molar-refractivity contribution >= 4 is 23.2 Å². The van der Waals surface area contributed by atoms with Gasteiger partial charge >= 0.3 is 0 Å². The van der Waals surface area contributed by atoms with Gasteiger partial charge in [0.15, 0.2) is 0 Å². The van der Waals surface area contributed by atoms with Crippen LogP contribution >= 0.6 is 0 Å². The first-order valence-corrected chi connectivity index (χ1v) is 5.55. The molecule has 6 heteroatoms. The Bertz CT molecular complexity index is 447. The van der Waals surface area contributed by atoms with Gasteiger partial charge in [-0.2, -0.15) is 0 Å². The van der Waals surface area contributed by atoms with Gasteiger partial charge in [-0.3, -0.25) is 14.5 Å². The van der Waals surface area contributed by atoms with E-state index in [2.05, 4.69) is 5.32 Å². The zero-order valence-corrected chi connectivity index (χ0v) is 10.5. The Morgan fingerprint density at radius 3 is 2.67 bits per heavy atom. The number of nitrogens with one attached hydrogen (secondary N) is 1. The summed E-state index contributed by atoms with van der Waals surface area (Å²) in [6.45, 7) is 1.73. The average molecular weight is 250 g/mol. The molecule has 0 saturated heterocycles. The van der Waals surface area contributed by atoms with E-state index in [1.54, 1.807) is 43.1 Å². The molecule has 1 atom stereocenters. The molecule has 0 aliphatic carbocycles. The number of nitrogens with two attached hydrogens (primary N) is 2. The van der Waals surface area contributed by atoms with Gasteiger partial charge in [-0.15, -0.1) is 0 Å². The molecule has 0 bridgehead atoms. The highest BCUT2D eigenvalue weighted by molar-refractivity contribution is 5.95. The third kappa shape index (κ3) is 4.06. The van der Waals surface area contributed by atoms with Gasteiger partial charge in [0, 0.05) is 11.4 Å². The number of anilines is 2. The summed E-state index contributed by atoms with van der Waals surface area (Å²) in [5.41, 5.74) is 11.9. The molecule has 0 fully saturated rings. The summed E-state index contributed by atoms with van der Waals surface area (Å²) in [4.78, 5) is 24.2. The highest BCUT2D eigenvalue weighted by Crippen LogP contribution is 2.12. The van der Waals surface area contributed by atoms with Crippen LogP contribution in [-0.4, -0.2) is 36.3 Å². The first-order chi connectivity index (χ1) is 8.40. The van der Waals surface area contributed by atoms with Gasteiger partial charge in [0.05, 0.1) is 12.6 Å². The van der Waals surface area contributed by atoms with Crippen LogP contribution in [0.2, 0.25) is 0 Å². The number of primary amides is 1. The van der Waals surface area contributed by atoms with Crippen LogP contribution < -0.4 is 16.8 Å². The van der Waals surface area contributed by atoms with Crippen LogP contribution in [-0.2, 0) is 9.59 Å². The SMILES string of the molecule is CC(C(=O)Nc1cccc(N)c1)N(C)CC(N)=O. The summed E-state index contributed by atoms with van der Waals surface area (Å²) in [5.74, 6) is -0.689. The van der Waals surface area contributed by atoms with E-state index < -0.39 is 11.9 Å². The first-order valence-electron chi connectivity index (χ1n) is 5.55. The van der Waals surface area contributed by atoms with Crippen molar-refractivity contribution in [1.29, 1.82) is 0 Å². The van der Waals surface area contributed by atoms with Crippen LogP contribution in [0.5, 0.6) is 0 Å². The van der Waals surface area contributed by atoms with Crippen molar-refractivity contribution in [1.82, 2.24) is 4.90 Å². The number of likely N-dealkylation sites (N-methyl/N-ethyl adjacent to an activating group) is 1. The summed E-state index contributed by atoms with van der Waals surface area (Å²) in [5, 5.41) is 2.72. The van der Waals surface area contributed by atoms with Gasteiger partial charge in [0.25, 0.3) is 0 Å². The third-order valence-corrected chi connectivity index (χ3v) is 2.60. The van der Waals surface area contributed by atoms with Crippen LogP contribution in [0.4, 0.5) is 11.4 Å². The molecule has 98 valence electrons. The van der Waals surface area contributed by atoms with E-state index >= 15 is 0 Å². The van der Waals surface area contributed by atoms with Gasteiger partial charge in [0.2, 0.25) is 11.8 Å². The molecule has 0 saturated carbocycles. The van der Waals surface area contributed by atoms with Crippen LogP contribution in [0.25, 0.3) is 0 Å². The summed E-state index contributed by atoms with van der Waals surface area (Å²) in [7, 11) is 1.66. The molecule has 6 nitrogen and oxygen atoms in total. The predicted octanol–water partition coefficient (Wildman–Crippen LogP) is 0.0129. The lowest BCUT2D eigenvalue weighted by molar-refractivity contribution is -0.123. The van der Waals surface area contributed by atoms with Crippen molar-refractivity contribution in [2.24, 2.45) is 5.73 Å². The number of rotatable bonds is 5. The third-order valence-electron chi connectivity index (χ3n) is 2.60. The quantitative estimate of drug-likeness (QED) is 0.641. The number of benzene rings is 1. The Kier molecular flexibility index (Phi) is 4.67. The molecule has 5 N–H and O–H groups in total. The smallest absolute Gasteiger partial charge is 0.241 e. The van der Waals surface area contributed by atoms with Crippen molar-refractivity contribution in [2.45, 2.75) is 13.0 Å². The van der Waals surface area contributed by atoms with Gasteiger partial charge in [0.1, 0.15) is 0 Å². The number of amides is 2. The first kappa shape index (κ1) is 14.0. The van der Waals surface area contributed by atoms with Gasteiger partial charge in [-0.25, -0.2) is 0 Å². The maximum absolute atomic E-state index is 11.9. The fourth-order valence-corrected chi connectivity index (χ4v) is 1.45. The molecule has 1 aromatic carbocycles. The molecule has 2 amide bonds. The van der Waals surface area contributed by atoms with E-state index in [-0.39, 0.29) is 12.5 Å². The van der Waals surface area contributed by atoms with Crippen molar-refractivity contribution in [3.63, 3.8) is 0 Å². The van der Waals surface area contributed by atoms with Crippen molar-refractivity contribution in [3.8, 4) is 0 Å². The second-order valence-corrected chi connectivity index (χ2v) is 4.17. The molecule has 0 spiro atoms. The molecule has 0 aliphatic rings. The van der Waals surface area contributed by atoms with Crippen LogP contribution in [0.3, 0.4) is 0 Å². The molecule has 1 unspecified atom stereocenters. The summed E-state index contributed by atoms with van der Waals surface area (Å²) in [6.07, 6.45) is 0. The average Bonchev–Trinajstić information content (AvgIpc) is 2.27. The van der Waals surface area contributed by atoms with E-state index in [0.717, 1.165) is 0 Å². The van der Waals surface area contributed by atoms with E-state index in [4.69, 9.17) is 11.5 Å². The fraction of sp³-hybridized carbons (Fsp3) is 0.333. The number of carbonyl (C=O) groups is 2. The van der Waals surface area contributed by atoms with Gasteiger partial charge in [-0.05, 0) is 32.2 Å². The van der Waals surface area contributed by atoms with Crippen LogP contribution in [0.15, 0.2) is 24.3 Å². The van der Waals surface area contributed by atoms with E-state index in [0.29, 0.717) is 11.4 Å². The highest BCUT2D eigenvalue weighted by atomic mass is 16.2. The lowest BCUT2D eigenvalue weighted by Crippen LogP contribution is -2.43. The van der Waals surface area contributed by atoms with Crippen molar-refractivity contribution in [3.05, 3.63) is 24.3 Å². The molecular weight excluding hydrogens is 232 g/mol. The molecule has 1 aromatic rings. The van der Waals surface area contributed by atoms with E-state index in [9.17, 15) is 9.59 Å². The van der Waals surface area contributed by atoms with Crippen molar-refractivity contribution < 1.29 is 9.59 Å². The summed E-state index contributed by atoms with van der Waals surface area (Å²) < 4.78 is 0. The maximum Gasteiger partial charge on any atom is 0.241 e. The zero-order valence-electron chi connectivity index (χ0n) is 10.5. The summed E-state index contributed by atoms with van der Waals surface area (Å²) >= 11 is 0. The standard InChI is InChI=1S/C12H18N4O2/c1-8(16(2)7-11(14)17)12(18)15-10-5-3-4-9(13)6-10/h3-6,8H,7,13H2,1-2H3,(H2,14,17)(H,15,18). The number of nitrogens with zero attached hydrogens (tertiary/aromatic N) is 1. The minimum absolute atomic E-state index is 0.0332. The predicted molar refractivity (Wildman–Crippen MR) is 70.8 cm³/mol. The Hall–Kier alpha value is -2.08. The highest BCUT2D eigenvalue weighted by Gasteiger charge is 2.19. The van der Waals surface area contributed by atoms with E-state index in [1.165, 1.54) is 0 Å². The van der Waals surface area contributed by atoms with Crippen LogP contribution in [0, 0.1) is 0 Å². The molecule has 0 heterocycles. The minimum Gasteiger partial charge on any atom is -0.399 e. The number of nitrogen functional groups attached to an aromatic ring is 1. The topological polar surface area (TPSA) is 101 Å². The Balaban J connectivity index is 2.62. The van der Waals surface area contributed by atoms with Crippen molar-refractivity contribution in [2.75, 3.05) is 24.6 Å². The molecule has 0 aromatic heterocycles. The second-order valence-electron chi connectivity index (χ2n) is 4.17. The number of hydrogen-bond acceptors (Lipinski definition) is 4. The normalized spacial score (nSPS) is 12.2. The van der Waals surface area contributed by atoms with E-state index in [1.807, 2.05) is 0 Å². The zero-order chi connectivity index (χ0) is 13.7. The largest absolute Gasteiger partial charge is 0.399 e. The molecule has 18 heavy (non-hydrogen) atoms. The Labute approximate surface area is 106 Å². The van der Waals surface area contributed by atoms with Gasteiger partial charge in [-0.1, -0.05) is 6.07 Å². The molecule has 1 rings (SSSR count). The summed E-state index contributed by atoms with van der Waals surface area (Å²) in [6, 6.07) is 6.44. The molecule has 0 aliphatic heterocycles. The van der Waals surface area contributed by atoms with Gasteiger partial charge < -0.3 is 16.8 Å². The Morgan fingerprint density at radius 2 is 2.11 bits per heavy atom. The molecule has 0 radical (unpaired) electrons. The van der Waals surface area contributed by atoms with Crippen LogP contribution in [0.1, 0.15) is 6.92 Å². The lowest BCUT2D eigenvalue weighted by atomic mass is 10.2. The minimum atomic E-state index is -0.471. The number of carbonyl (C=O) groups excluding carboxylic acids is 2. The number of hydrogen-bond donors (Lipinski definition) is 3.